The number of amidine groups is 1. The Kier molecular flexibility index (Phi) is 3.34. The molecule has 0 fully saturated rings. The number of nitrogens with one attached hydrogen (secondary N) is 1. The third kappa shape index (κ3) is 3.45. The number of hydrogen-bond donors (Lipinski definition) is 1. The average Bonchev–Trinajstić information content (AvgIpc) is 1.82. The van der Waals surface area contributed by atoms with Gasteiger partial charge in [0.15, 0.2) is 5.84 Å². The van der Waals surface area contributed by atoms with Gasteiger partial charge in [-0.05, 0) is 0 Å². The van der Waals surface area contributed by atoms with Gasteiger partial charge in [-0.1, -0.05) is 0 Å². The van der Waals surface area contributed by atoms with Gasteiger partial charge >= 0.3 is 0 Å². The largest absolute Gasteiger partial charge is 0.371 e. The number of aliphatic imine (C=N–C) groups is 1. The second-order valence-electron chi connectivity index (χ2n) is 1.41. The molecule has 5 nitrogen and oxygen atoms in total. The van der Waals surface area contributed by atoms with Crippen LogP contribution >= 0.6 is 0 Å². The summed E-state index contributed by atoms with van der Waals surface area (Å²) in [5.41, 5.74) is 0. The van der Waals surface area contributed by atoms with Crippen molar-refractivity contribution in [3.8, 4) is 0 Å². The fraction of sp³-hybridized carbons (Fsp3) is 0.750. The molecule has 0 amide bonds. The fourth-order valence-electron chi connectivity index (χ4n) is 0.384. The van der Waals surface area contributed by atoms with Crippen molar-refractivity contribution < 1.29 is 4.92 Å². The number of rotatable bonds is 2. The Labute approximate surface area is 52.9 Å². The van der Waals surface area contributed by atoms with Crippen LogP contribution in [0.3, 0.4) is 0 Å². The highest BCUT2D eigenvalue weighted by Gasteiger charge is 2.01. The maximum atomic E-state index is 9.81. The van der Waals surface area contributed by atoms with Gasteiger partial charge in [-0.25, -0.2) is 0 Å². The van der Waals surface area contributed by atoms with Crippen LogP contribution < -0.4 is 5.32 Å². The predicted octanol–water partition coefficient (Wildman–Crippen LogP) is -0.489. The van der Waals surface area contributed by atoms with Gasteiger partial charge in [-0.3, -0.25) is 15.1 Å². The van der Waals surface area contributed by atoms with Crippen LogP contribution in [0.25, 0.3) is 0 Å². The zero-order valence-electron chi connectivity index (χ0n) is 5.42. The average molecular weight is 131 g/mol. The van der Waals surface area contributed by atoms with Crippen LogP contribution in [0.1, 0.15) is 0 Å². The predicted molar refractivity (Wildman–Crippen MR) is 34.3 cm³/mol. The summed E-state index contributed by atoms with van der Waals surface area (Å²) in [5, 5.41) is 12.4. The minimum Gasteiger partial charge on any atom is -0.371 e. The van der Waals surface area contributed by atoms with E-state index in [1.54, 1.807) is 7.05 Å². The van der Waals surface area contributed by atoms with Crippen LogP contribution in [-0.2, 0) is 0 Å². The SMILES string of the molecule is CN=C(C[N+](=O)[O-])NC. The topological polar surface area (TPSA) is 67.5 Å². The molecule has 0 spiro atoms. The first-order valence-electron chi connectivity index (χ1n) is 2.46. The zero-order valence-corrected chi connectivity index (χ0v) is 5.42. The summed E-state index contributed by atoms with van der Waals surface area (Å²) in [4.78, 5) is 13.0. The molecule has 0 radical (unpaired) electrons. The van der Waals surface area contributed by atoms with Gasteiger partial charge in [-0.15, -0.1) is 0 Å². The highest BCUT2D eigenvalue weighted by molar-refractivity contribution is 5.82. The van der Waals surface area contributed by atoms with E-state index in [2.05, 4.69) is 10.3 Å². The van der Waals surface area contributed by atoms with E-state index in [1.807, 2.05) is 0 Å². The van der Waals surface area contributed by atoms with E-state index in [1.165, 1.54) is 7.05 Å². The van der Waals surface area contributed by atoms with Crippen LogP contribution in [0.4, 0.5) is 0 Å². The van der Waals surface area contributed by atoms with E-state index >= 15 is 0 Å². The Morgan fingerprint density at radius 1 is 1.89 bits per heavy atom. The molecule has 1 N–H and O–H groups in total. The van der Waals surface area contributed by atoms with Crippen LogP contribution in [-0.4, -0.2) is 31.4 Å². The molecule has 0 unspecified atom stereocenters. The highest BCUT2D eigenvalue weighted by atomic mass is 16.6. The van der Waals surface area contributed by atoms with Gasteiger partial charge in [0.25, 0.3) is 6.54 Å². The van der Waals surface area contributed by atoms with E-state index in [0.717, 1.165) is 0 Å². The first-order valence-corrected chi connectivity index (χ1v) is 2.46. The van der Waals surface area contributed by atoms with E-state index in [4.69, 9.17) is 0 Å². The van der Waals surface area contributed by atoms with Crippen molar-refractivity contribution in [2.45, 2.75) is 0 Å². The highest BCUT2D eigenvalue weighted by Crippen LogP contribution is 1.71. The van der Waals surface area contributed by atoms with Gasteiger partial charge in [0.1, 0.15) is 0 Å². The Morgan fingerprint density at radius 2 is 2.44 bits per heavy atom. The smallest absolute Gasteiger partial charge is 0.259 e. The minimum absolute atomic E-state index is 0.229. The van der Waals surface area contributed by atoms with Crippen LogP contribution in [0, 0.1) is 10.1 Å². The van der Waals surface area contributed by atoms with Gasteiger partial charge in [0.2, 0.25) is 0 Å². The maximum Gasteiger partial charge on any atom is 0.259 e. The molecule has 0 saturated heterocycles. The monoisotopic (exact) mass is 131 g/mol. The van der Waals surface area contributed by atoms with Crippen molar-refractivity contribution in [2.24, 2.45) is 4.99 Å². The molecule has 0 aromatic carbocycles. The van der Waals surface area contributed by atoms with Gasteiger partial charge in [0.05, 0.1) is 0 Å². The number of nitro groups is 1. The molecule has 0 saturated carbocycles. The molecule has 0 aromatic rings. The van der Waals surface area contributed by atoms with Gasteiger partial charge in [0, 0.05) is 19.0 Å². The summed E-state index contributed by atoms with van der Waals surface area (Å²) in [6.07, 6.45) is 0. The Morgan fingerprint density at radius 3 is 2.56 bits per heavy atom. The van der Waals surface area contributed by atoms with Gasteiger partial charge in [-0.2, -0.15) is 0 Å². The zero-order chi connectivity index (χ0) is 7.28. The maximum absolute atomic E-state index is 9.81. The lowest BCUT2D eigenvalue weighted by atomic mass is 10.6. The molecule has 0 atom stereocenters. The Balaban J connectivity index is 3.71. The quantitative estimate of drug-likeness (QED) is 0.238. The van der Waals surface area contributed by atoms with Crippen molar-refractivity contribution >= 4 is 5.84 Å². The molecule has 52 valence electrons. The van der Waals surface area contributed by atoms with E-state index in [-0.39, 0.29) is 6.54 Å². The third-order valence-corrected chi connectivity index (χ3v) is 0.837. The first-order chi connectivity index (χ1) is 4.20. The normalized spacial score (nSPS) is 11.1. The van der Waals surface area contributed by atoms with Crippen molar-refractivity contribution in [3.63, 3.8) is 0 Å². The molecule has 0 aliphatic carbocycles. The van der Waals surface area contributed by atoms with Crippen LogP contribution in [0.5, 0.6) is 0 Å². The number of likely N-dealkylation sites (N-methyl/N-ethyl adjacent to an activating group) is 1. The lowest BCUT2D eigenvalue weighted by Crippen LogP contribution is -2.26. The van der Waals surface area contributed by atoms with Gasteiger partial charge < -0.3 is 5.32 Å². The molecule has 0 aromatic heterocycles. The van der Waals surface area contributed by atoms with Crippen LogP contribution in [0.15, 0.2) is 4.99 Å². The second-order valence-corrected chi connectivity index (χ2v) is 1.41. The van der Waals surface area contributed by atoms with Crippen LogP contribution in [0.2, 0.25) is 0 Å². The molecular formula is C4H9N3O2. The summed E-state index contributed by atoms with van der Waals surface area (Å²) in [6, 6.07) is 0. The number of hydrogen-bond acceptors (Lipinski definition) is 3. The molecule has 9 heavy (non-hydrogen) atoms. The molecule has 0 aliphatic heterocycles. The molecule has 0 aliphatic rings. The second kappa shape index (κ2) is 3.82. The minimum atomic E-state index is -0.432. The molecule has 0 rings (SSSR count). The summed E-state index contributed by atoms with van der Waals surface area (Å²) in [6.45, 7) is -0.229. The Bertz CT molecular complexity index is 132. The van der Waals surface area contributed by atoms with E-state index < -0.39 is 4.92 Å². The molecule has 5 heteroatoms. The number of nitrogens with zero attached hydrogens (tertiary/aromatic N) is 2. The molecule has 0 heterocycles. The summed E-state index contributed by atoms with van der Waals surface area (Å²) < 4.78 is 0. The lowest BCUT2D eigenvalue weighted by molar-refractivity contribution is -0.463. The molecule has 0 bridgehead atoms. The summed E-state index contributed by atoms with van der Waals surface area (Å²) >= 11 is 0. The standard InChI is InChI=1S/C4H9N3O2/c1-5-4(6-2)3-7(8)9/h3H2,1-2H3,(H,5,6). The lowest BCUT2D eigenvalue weighted by Gasteiger charge is -1.95. The van der Waals surface area contributed by atoms with Crippen molar-refractivity contribution in [1.29, 1.82) is 0 Å². The molecular weight excluding hydrogens is 122 g/mol. The first kappa shape index (κ1) is 7.87. The van der Waals surface area contributed by atoms with E-state index in [9.17, 15) is 10.1 Å². The summed E-state index contributed by atoms with van der Waals surface area (Å²) in [5.74, 6) is 0.389. The third-order valence-electron chi connectivity index (χ3n) is 0.837. The van der Waals surface area contributed by atoms with Crippen molar-refractivity contribution in [2.75, 3.05) is 20.6 Å². The summed E-state index contributed by atoms with van der Waals surface area (Å²) in [7, 11) is 3.11. The fourth-order valence-corrected chi connectivity index (χ4v) is 0.384. The Hall–Kier alpha value is -1.13. The van der Waals surface area contributed by atoms with E-state index in [0.29, 0.717) is 5.84 Å². The van der Waals surface area contributed by atoms with Crippen molar-refractivity contribution in [1.82, 2.24) is 5.32 Å². The van der Waals surface area contributed by atoms with Crippen molar-refractivity contribution in [3.05, 3.63) is 10.1 Å².